The van der Waals surface area contributed by atoms with E-state index in [0.717, 1.165) is 0 Å². The highest BCUT2D eigenvalue weighted by Crippen LogP contribution is 2.20. The van der Waals surface area contributed by atoms with E-state index >= 15 is 0 Å². The second kappa shape index (κ2) is 4.18. The molecule has 1 aromatic carbocycles. The molecule has 2 rings (SSSR count). The van der Waals surface area contributed by atoms with Crippen molar-refractivity contribution < 1.29 is 8.81 Å². The highest BCUT2D eigenvalue weighted by molar-refractivity contribution is 5.53. The molecule has 1 N–H and O–H groups in total. The van der Waals surface area contributed by atoms with Crippen LogP contribution in [-0.2, 0) is 6.54 Å². The number of rotatable bonds is 3. The fraction of sp³-hybridized carbons (Fsp3) is 0.200. The van der Waals surface area contributed by atoms with E-state index in [-0.39, 0.29) is 11.7 Å². The van der Waals surface area contributed by atoms with Crippen LogP contribution in [0.3, 0.4) is 0 Å². The van der Waals surface area contributed by atoms with Gasteiger partial charge in [-0.3, -0.25) is 0 Å². The van der Waals surface area contributed by atoms with Crippen LogP contribution < -0.4 is 5.32 Å². The number of aromatic nitrogens is 2. The van der Waals surface area contributed by atoms with Crippen LogP contribution in [0.5, 0.6) is 0 Å². The standard InChI is InChI=1S/C10H10FN3O/c1-12-6-9-13-14-10(15-9)7-4-2-3-5-8(7)11/h2-5,12H,6H2,1H3. The molecule has 0 radical (unpaired) electrons. The second-order valence-corrected chi connectivity index (χ2v) is 3.01. The van der Waals surface area contributed by atoms with E-state index in [1.807, 2.05) is 0 Å². The van der Waals surface area contributed by atoms with Gasteiger partial charge in [0.05, 0.1) is 12.1 Å². The van der Waals surface area contributed by atoms with Crippen molar-refractivity contribution in [3.8, 4) is 11.5 Å². The third kappa shape index (κ3) is 2.02. The van der Waals surface area contributed by atoms with Crippen molar-refractivity contribution >= 4 is 0 Å². The summed E-state index contributed by atoms with van der Waals surface area (Å²) in [4.78, 5) is 0. The highest BCUT2D eigenvalue weighted by Gasteiger charge is 2.11. The molecule has 1 aromatic heterocycles. The van der Waals surface area contributed by atoms with Crippen molar-refractivity contribution in [2.24, 2.45) is 0 Å². The maximum absolute atomic E-state index is 13.3. The molecule has 2 aromatic rings. The molecule has 0 spiro atoms. The zero-order valence-corrected chi connectivity index (χ0v) is 8.20. The van der Waals surface area contributed by atoms with Gasteiger partial charge >= 0.3 is 0 Å². The lowest BCUT2D eigenvalue weighted by molar-refractivity contribution is 0.487. The third-order valence-electron chi connectivity index (χ3n) is 1.90. The summed E-state index contributed by atoms with van der Waals surface area (Å²) in [6, 6.07) is 6.30. The van der Waals surface area contributed by atoms with E-state index in [2.05, 4.69) is 15.5 Å². The van der Waals surface area contributed by atoms with Crippen LogP contribution in [0, 0.1) is 5.82 Å². The Hall–Kier alpha value is -1.75. The third-order valence-corrected chi connectivity index (χ3v) is 1.90. The van der Waals surface area contributed by atoms with Gasteiger partial charge in [-0.1, -0.05) is 12.1 Å². The molecule has 78 valence electrons. The summed E-state index contributed by atoms with van der Waals surface area (Å²) in [5.74, 6) is 0.284. The van der Waals surface area contributed by atoms with Gasteiger partial charge in [-0.2, -0.15) is 0 Å². The average molecular weight is 207 g/mol. The first-order valence-electron chi connectivity index (χ1n) is 4.53. The van der Waals surface area contributed by atoms with Crippen molar-refractivity contribution in [2.75, 3.05) is 7.05 Å². The Kier molecular flexibility index (Phi) is 2.73. The normalized spacial score (nSPS) is 10.5. The van der Waals surface area contributed by atoms with Gasteiger partial charge in [0, 0.05) is 0 Å². The van der Waals surface area contributed by atoms with Crippen LogP contribution in [-0.4, -0.2) is 17.2 Å². The molecule has 5 heteroatoms. The molecule has 4 nitrogen and oxygen atoms in total. The molecule has 0 aliphatic carbocycles. The van der Waals surface area contributed by atoms with Crippen molar-refractivity contribution in [3.63, 3.8) is 0 Å². The summed E-state index contributed by atoms with van der Waals surface area (Å²) in [7, 11) is 1.77. The quantitative estimate of drug-likeness (QED) is 0.830. The second-order valence-electron chi connectivity index (χ2n) is 3.01. The molecule has 0 aliphatic rings. The van der Waals surface area contributed by atoms with Gasteiger partial charge in [-0.05, 0) is 19.2 Å². The Morgan fingerprint density at radius 1 is 1.33 bits per heavy atom. The molecule has 0 atom stereocenters. The Bertz CT molecular complexity index is 455. The van der Waals surface area contributed by atoms with Gasteiger partial charge < -0.3 is 9.73 Å². The summed E-state index contributed by atoms with van der Waals surface area (Å²) < 4.78 is 18.6. The van der Waals surface area contributed by atoms with Gasteiger partial charge in [0.25, 0.3) is 5.89 Å². The molecule has 0 fully saturated rings. The Balaban J connectivity index is 2.33. The minimum atomic E-state index is -0.364. The summed E-state index contributed by atoms with van der Waals surface area (Å²) in [5, 5.41) is 10.4. The van der Waals surface area contributed by atoms with Crippen LogP contribution in [0.1, 0.15) is 5.89 Å². The molecule has 0 saturated heterocycles. The first-order chi connectivity index (χ1) is 7.31. The van der Waals surface area contributed by atoms with Gasteiger partial charge in [0.2, 0.25) is 5.89 Å². The number of halogens is 1. The van der Waals surface area contributed by atoms with Crippen molar-refractivity contribution in [3.05, 3.63) is 36.0 Å². The molecule has 0 aliphatic heterocycles. The van der Waals surface area contributed by atoms with Crippen LogP contribution in [0.15, 0.2) is 28.7 Å². The molecule has 1 heterocycles. The van der Waals surface area contributed by atoms with Crippen LogP contribution in [0.25, 0.3) is 11.5 Å². The number of nitrogens with one attached hydrogen (secondary N) is 1. The van der Waals surface area contributed by atoms with E-state index in [4.69, 9.17) is 4.42 Å². The average Bonchev–Trinajstić information content (AvgIpc) is 2.68. The first-order valence-corrected chi connectivity index (χ1v) is 4.53. The molecular weight excluding hydrogens is 197 g/mol. The molecule has 0 saturated carbocycles. The van der Waals surface area contributed by atoms with Crippen LogP contribution in [0.2, 0.25) is 0 Å². The number of nitrogens with zero attached hydrogens (tertiary/aromatic N) is 2. The lowest BCUT2D eigenvalue weighted by Gasteiger charge is -1.95. The minimum absolute atomic E-state index is 0.207. The highest BCUT2D eigenvalue weighted by atomic mass is 19.1. The lowest BCUT2D eigenvalue weighted by atomic mass is 10.2. The Morgan fingerprint density at radius 2 is 2.13 bits per heavy atom. The Labute approximate surface area is 86.1 Å². The van der Waals surface area contributed by atoms with Gasteiger partial charge in [-0.25, -0.2) is 4.39 Å². The topological polar surface area (TPSA) is 51.0 Å². The largest absolute Gasteiger partial charge is 0.419 e. The molecule has 0 amide bonds. The monoisotopic (exact) mass is 207 g/mol. The summed E-state index contributed by atoms with van der Waals surface area (Å²) in [6.07, 6.45) is 0. The zero-order valence-electron chi connectivity index (χ0n) is 8.20. The molecule has 0 unspecified atom stereocenters. The van der Waals surface area contributed by atoms with E-state index in [0.29, 0.717) is 18.0 Å². The molecule has 15 heavy (non-hydrogen) atoms. The lowest BCUT2D eigenvalue weighted by Crippen LogP contribution is -2.04. The van der Waals surface area contributed by atoms with E-state index < -0.39 is 0 Å². The number of hydrogen-bond acceptors (Lipinski definition) is 4. The Morgan fingerprint density at radius 3 is 2.87 bits per heavy atom. The summed E-state index contributed by atoms with van der Waals surface area (Å²) in [5.41, 5.74) is 0.326. The minimum Gasteiger partial charge on any atom is -0.419 e. The van der Waals surface area contributed by atoms with Crippen molar-refractivity contribution in [2.45, 2.75) is 6.54 Å². The van der Waals surface area contributed by atoms with Gasteiger partial charge in [-0.15, -0.1) is 10.2 Å². The predicted molar refractivity (Wildman–Crippen MR) is 52.5 cm³/mol. The smallest absolute Gasteiger partial charge is 0.250 e. The van der Waals surface area contributed by atoms with Crippen LogP contribution in [0.4, 0.5) is 4.39 Å². The number of benzene rings is 1. The van der Waals surface area contributed by atoms with Crippen LogP contribution >= 0.6 is 0 Å². The van der Waals surface area contributed by atoms with E-state index in [1.165, 1.54) is 6.07 Å². The summed E-state index contributed by atoms with van der Waals surface area (Å²) >= 11 is 0. The molecule has 0 bridgehead atoms. The number of hydrogen-bond donors (Lipinski definition) is 1. The fourth-order valence-corrected chi connectivity index (χ4v) is 1.22. The van der Waals surface area contributed by atoms with Crippen molar-refractivity contribution in [1.29, 1.82) is 0 Å². The van der Waals surface area contributed by atoms with E-state index in [1.54, 1.807) is 25.2 Å². The van der Waals surface area contributed by atoms with Gasteiger partial charge in [0.1, 0.15) is 5.82 Å². The summed E-state index contributed by atoms with van der Waals surface area (Å²) in [6.45, 7) is 0.474. The van der Waals surface area contributed by atoms with Crippen molar-refractivity contribution in [1.82, 2.24) is 15.5 Å². The first kappa shape index (κ1) is 9.79. The fourth-order valence-electron chi connectivity index (χ4n) is 1.22. The predicted octanol–water partition coefficient (Wildman–Crippen LogP) is 1.60. The SMILES string of the molecule is CNCc1nnc(-c2ccccc2F)o1. The zero-order chi connectivity index (χ0) is 10.7. The van der Waals surface area contributed by atoms with E-state index in [9.17, 15) is 4.39 Å². The van der Waals surface area contributed by atoms with Gasteiger partial charge in [0.15, 0.2) is 0 Å². The maximum Gasteiger partial charge on any atom is 0.250 e. The molecular formula is C10H10FN3O. The maximum atomic E-state index is 13.3.